The van der Waals surface area contributed by atoms with Gasteiger partial charge in [-0.25, -0.2) is 0 Å². The van der Waals surface area contributed by atoms with Gasteiger partial charge in [0, 0.05) is 18.7 Å². The first kappa shape index (κ1) is 16.5. The lowest BCUT2D eigenvalue weighted by Crippen LogP contribution is -2.15. The number of nitrogens with one attached hydrogen (secondary N) is 1. The van der Waals surface area contributed by atoms with Crippen molar-refractivity contribution in [2.45, 2.75) is 45.8 Å². The van der Waals surface area contributed by atoms with Crippen LogP contribution in [0, 0.1) is 13.8 Å². The Kier molecular flexibility index (Phi) is 5.60. The maximum Gasteiger partial charge on any atom is 0.234 e. The number of carbonyl (C=O) groups is 1. The Morgan fingerprint density at radius 2 is 2.05 bits per heavy atom. The molecule has 1 aromatic heterocycles. The molecule has 0 atom stereocenters. The van der Waals surface area contributed by atoms with Gasteiger partial charge in [0.2, 0.25) is 5.91 Å². The third-order valence-corrected chi connectivity index (χ3v) is 4.39. The minimum absolute atomic E-state index is 0.0256. The molecule has 0 saturated carbocycles. The van der Waals surface area contributed by atoms with E-state index in [4.69, 9.17) is 0 Å². The number of aryl methyl sites for hydroxylation is 3. The van der Waals surface area contributed by atoms with Gasteiger partial charge in [-0.1, -0.05) is 30.8 Å². The third kappa shape index (κ3) is 3.88. The van der Waals surface area contributed by atoms with Crippen LogP contribution < -0.4 is 5.32 Å². The quantitative estimate of drug-likeness (QED) is 0.831. The number of rotatable bonds is 6. The van der Waals surface area contributed by atoms with Crippen LogP contribution in [0.3, 0.4) is 0 Å². The summed E-state index contributed by atoms with van der Waals surface area (Å²) in [6.07, 6.45) is 0.843. The Hall–Kier alpha value is -1.82. The summed E-state index contributed by atoms with van der Waals surface area (Å²) in [5.74, 6) is 1.26. The smallest absolute Gasteiger partial charge is 0.234 e. The summed E-state index contributed by atoms with van der Waals surface area (Å²) < 4.78 is 2.05. The average Bonchev–Trinajstić information content (AvgIpc) is 2.90. The monoisotopic (exact) mass is 318 g/mol. The van der Waals surface area contributed by atoms with Crippen molar-refractivity contribution in [3.05, 3.63) is 35.2 Å². The number of anilines is 1. The zero-order valence-corrected chi connectivity index (χ0v) is 14.3. The van der Waals surface area contributed by atoms with E-state index in [0.717, 1.165) is 40.8 Å². The molecule has 0 unspecified atom stereocenters. The largest absolute Gasteiger partial charge is 0.325 e. The van der Waals surface area contributed by atoms with Crippen LogP contribution in [-0.2, 0) is 17.8 Å². The standard InChI is InChI=1S/C16H22N4OS/c1-5-14-18-19-16(20(14)6-2)22-10-15(21)17-13-9-11(3)7-8-12(13)4/h7-9H,5-6,10H2,1-4H3,(H,17,21). The fourth-order valence-corrected chi connectivity index (χ4v) is 3.01. The Labute approximate surface area is 135 Å². The summed E-state index contributed by atoms with van der Waals surface area (Å²) in [7, 11) is 0. The van der Waals surface area contributed by atoms with Gasteiger partial charge in [0.15, 0.2) is 5.16 Å². The number of hydrogen-bond acceptors (Lipinski definition) is 4. The number of hydrogen-bond donors (Lipinski definition) is 1. The van der Waals surface area contributed by atoms with Gasteiger partial charge in [-0.15, -0.1) is 10.2 Å². The van der Waals surface area contributed by atoms with Gasteiger partial charge in [0.1, 0.15) is 5.82 Å². The van der Waals surface area contributed by atoms with Crippen molar-refractivity contribution in [1.29, 1.82) is 0 Å². The molecule has 2 aromatic rings. The molecule has 0 bridgehead atoms. The fourth-order valence-electron chi connectivity index (χ4n) is 2.19. The first-order valence-electron chi connectivity index (χ1n) is 7.47. The first-order valence-corrected chi connectivity index (χ1v) is 8.45. The molecule has 0 aliphatic heterocycles. The van der Waals surface area contributed by atoms with Crippen molar-refractivity contribution in [2.24, 2.45) is 0 Å². The van der Waals surface area contributed by atoms with Crippen LogP contribution in [0.4, 0.5) is 5.69 Å². The molecule has 0 saturated heterocycles. The molecule has 22 heavy (non-hydrogen) atoms. The summed E-state index contributed by atoms with van der Waals surface area (Å²) in [4.78, 5) is 12.1. The van der Waals surface area contributed by atoms with Crippen LogP contribution in [0.15, 0.2) is 23.4 Å². The number of aromatic nitrogens is 3. The molecule has 2 rings (SSSR count). The van der Waals surface area contributed by atoms with Gasteiger partial charge in [-0.05, 0) is 38.0 Å². The van der Waals surface area contributed by atoms with Gasteiger partial charge >= 0.3 is 0 Å². The van der Waals surface area contributed by atoms with E-state index in [9.17, 15) is 4.79 Å². The molecular formula is C16H22N4OS. The number of carbonyl (C=O) groups excluding carboxylic acids is 1. The maximum absolute atomic E-state index is 12.1. The Balaban J connectivity index is 1.98. The second kappa shape index (κ2) is 7.45. The zero-order valence-electron chi connectivity index (χ0n) is 13.5. The highest BCUT2D eigenvalue weighted by molar-refractivity contribution is 7.99. The molecule has 0 spiro atoms. The Bertz CT molecular complexity index is 666. The lowest BCUT2D eigenvalue weighted by atomic mass is 10.1. The molecule has 0 aliphatic carbocycles. The van der Waals surface area contributed by atoms with Gasteiger partial charge in [-0.3, -0.25) is 4.79 Å². The minimum Gasteiger partial charge on any atom is -0.325 e. The average molecular weight is 318 g/mol. The number of benzene rings is 1. The molecule has 118 valence electrons. The summed E-state index contributed by atoms with van der Waals surface area (Å²) in [6, 6.07) is 6.04. The van der Waals surface area contributed by atoms with E-state index < -0.39 is 0 Å². The summed E-state index contributed by atoms with van der Waals surface area (Å²) in [5.41, 5.74) is 3.07. The maximum atomic E-state index is 12.1. The van der Waals surface area contributed by atoms with Gasteiger partial charge in [0.25, 0.3) is 0 Å². The lowest BCUT2D eigenvalue weighted by molar-refractivity contribution is -0.113. The minimum atomic E-state index is -0.0256. The van der Waals surface area contributed by atoms with Crippen molar-refractivity contribution < 1.29 is 4.79 Å². The van der Waals surface area contributed by atoms with Crippen LogP contribution in [0.1, 0.15) is 30.8 Å². The summed E-state index contributed by atoms with van der Waals surface area (Å²) in [5, 5.41) is 12.1. The first-order chi connectivity index (χ1) is 10.5. The van der Waals surface area contributed by atoms with Crippen LogP contribution in [0.5, 0.6) is 0 Å². The SMILES string of the molecule is CCc1nnc(SCC(=O)Nc2cc(C)ccc2C)n1CC. The van der Waals surface area contributed by atoms with E-state index in [-0.39, 0.29) is 5.91 Å². The molecule has 1 heterocycles. The molecule has 1 aromatic carbocycles. The number of thioether (sulfide) groups is 1. The van der Waals surface area contributed by atoms with Crippen molar-refractivity contribution in [3.63, 3.8) is 0 Å². The van der Waals surface area contributed by atoms with Gasteiger partial charge in [0.05, 0.1) is 5.75 Å². The topological polar surface area (TPSA) is 59.8 Å². The van der Waals surface area contributed by atoms with E-state index in [1.165, 1.54) is 11.8 Å². The fraction of sp³-hybridized carbons (Fsp3) is 0.438. The van der Waals surface area contributed by atoms with Gasteiger partial charge in [-0.2, -0.15) is 0 Å². The van der Waals surface area contributed by atoms with E-state index in [1.807, 2.05) is 32.0 Å². The number of nitrogens with zero attached hydrogens (tertiary/aromatic N) is 3. The molecule has 1 amide bonds. The highest BCUT2D eigenvalue weighted by atomic mass is 32.2. The normalized spacial score (nSPS) is 10.7. The highest BCUT2D eigenvalue weighted by Crippen LogP contribution is 2.20. The second-order valence-electron chi connectivity index (χ2n) is 5.15. The lowest BCUT2D eigenvalue weighted by Gasteiger charge is -2.09. The Morgan fingerprint density at radius 1 is 1.27 bits per heavy atom. The van der Waals surface area contributed by atoms with Crippen LogP contribution in [0.25, 0.3) is 0 Å². The summed E-state index contributed by atoms with van der Waals surface area (Å²) >= 11 is 1.42. The van der Waals surface area contributed by atoms with E-state index >= 15 is 0 Å². The van der Waals surface area contributed by atoms with Crippen molar-refractivity contribution in [1.82, 2.24) is 14.8 Å². The summed E-state index contributed by atoms with van der Waals surface area (Å²) in [6.45, 7) is 8.93. The van der Waals surface area contributed by atoms with E-state index in [0.29, 0.717) is 5.75 Å². The molecule has 6 heteroatoms. The van der Waals surface area contributed by atoms with Crippen LogP contribution in [0.2, 0.25) is 0 Å². The Morgan fingerprint density at radius 3 is 2.73 bits per heavy atom. The molecule has 0 aliphatic rings. The van der Waals surface area contributed by atoms with Crippen LogP contribution in [-0.4, -0.2) is 26.4 Å². The molecule has 1 N–H and O–H groups in total. The van der Waals surface area contributed by atoms with Crippen molar-refractivity contribution in [2.75, 3.05) is 11.1 Å². The predicted octanol–water partition coefficient (Wildman–Crippen LogP) is 3.21. The molecule has 0 radical (unpaired) electrons. The third-order valence-electron chi connectivity index (χ3n) is 3.43. The predicted molar refractivity (Wildman–Crippen MR) is 90.3 cm³/mol. The van der Waals surface area contributed by atoms with Crippen LogP contribution >= 0.6 is 11.8 Å². The molecule has 0 fully saturated rings. The van der Waals surface area contributed by atoms with E-state index in [2.05, 4.69) is 33.9 Å². The van der Waals surface area contributed by atoms with Crippen molar-refractivity contribution >= 4 is 23.4 Å². The zero-order chi connectivity index (χ0) is 16.1. The van der Waals surface area contributed by atoms with Gasteiger partial charge < -0.3 is 9.88 Å². The van der Waals surface area contributed by atoms with E-state index in [1.54, 1.807) is 0 Å². The second-order valence-corrected chi connectivity index (χ2v) is 6.09. The molecule has 5 nitrogen and oxygen atoms in total. The highest BCUT2D eigenvalue weighted by Gasteiger charge is 2.12. The van der Waals surface area contributed by atoms with Crippen molar-refractivity contribution in [3.8, 4) is 0 Å². The number of amides is 1. The molecular weight excluding hydrogens is 296 g/mol.